The zero-order valence-corrected chi connectivity index (χ0v) is 11.2. The van der Waals surface area contributed by atoms with Crippen molar-refractivity contribution in [2.45, 2.75) is 13.3 Å². The number of pyridine rings is 1. The standard InChI is InChI=1S/C15H16FN3O/c1-2-8-17-14-7-6-11(10-18-14)15(20)19-13-5-3-4-12(16)9-13/h3-7,9-10H,2,8H2,1H3,(H,17,18)(H,19,20). The largest absolute Gasteiger partial charge is 0.370 e. The summed E-state index contributed by atoms with van der Waals surface area (Å²) < 4.78 is 13.0. The second kappa shape index (κ2) is 6.65. The van der Waals surface area contributed by atoms with Gasteiger partial charge in [0, 0.05) is 18.4 Å². The molecule has 0 aliphatic heterocycles. The highest BCUT2D eigenvalue weighted by Crippen LogP contribution is 2.12. The average molecular weight is 273 g/mol. The van der Waals surface area contributed by atoms with Crippen LogP contribution in [0.25, 0.3) is 0 Å². The number of halogens is 1. The maximum Gasteiger partial charge on any atom is 0.257 e. The average Bonchev–Trinajstić information content (AvgIpc) is 2.45. The van der Waals surface area contributed by atoms with Crippen LogP contribution >= 0.6 is 0 Å². The number of rotatable bonds is 5. The van der Waals surface area contributed by atoms with Gasteiger partial charge >= 0.3 is 0 Å². The highest BCUT2D eigenvalue weighted by atomic mass is 19.1. The quantitative estimate of drug-likeness (QED) is 0.879. The monoisotopic (exact) mass is 273 g/mol. The number of hydrogen-bond donors (Lipinski definition) is 2. The van der Waals surface area contributed by atoms with E-state index in [0.717, 1.165) is 18.8 Å². The number of anilines is 2. The second-order valence-electron chi connectivity index (χ2n) is 4.32. The molecule has 0 spiro atoms. The molecule has 1 aromatic heterocycles. The zero-order valence-electron chi connectivity index (χ0n) is 11.2. The van der Waals surface area contributed by atoms with Crippen LogP contribution in [0.3, 0.4) is 0 Å². The summed E-state index contributed by atoms with van der Waals surface area (Å²) in [4.78, 5) is 16.1. The first kappa shape index (κ1) is 14.0. The predicted molar refractivity (Wildman–Crippen MR) is 77.4 cm³/mol. The Balaban J connectivity index is 2.02. The molecule has 104 valence electrons. The first-order valence-electron chi connectivity index (χ1n) is 6.46. The van der Waals surface area contributed by atoms with Crippen LogP contribution in [0.1, 0.15) is 23.7 Å². The molecule has 2 aromatic rings. The van der Waals surface area contributed by atoms with Gasteiger partial charge in [-0.05, 0) is 36.8 Å². The summed E-state index contributed by atoms with van der Waals surface area (Å²) in [6, 6.07) is 9.19. The lowest BCUT2D eigenvalue weighted by Crippen LogP contribution is -2.12. The molecule has 2 rings (SSSR count). The molecule has 1 heterocycles. The maximum atomic E-state index is 13.0. The van der Waals surface area contributed by atoms with E-state index in [1.54, 1.807) is 24.3 Å². The molecule has 0 saturated carbocycles. The molecule has 0 saturated heterocycles. The van der Waals surface area contributed by atoms with Gasteiger partial charge in [0.1, 0.15) is 11.6 Å². The fourth-order valence-electron chi connectivity index (χ4n) is 1.66. The van der Waals surface area contributed by atoms with Crippen molar-refractivity contribution in [1.29, 1.82) is 0 Å². The third-order valence-corrected chi connectivity index (χ3v) is 2.66. The Kier molecular flexibility index (Phi) is 4.65. The predicted octanol–water partition coefficient (Wildman–Crippen LogP) is 3.29. The Morgan fingerprint density at radius 1 is 1.30 bits per heavy atom. The summed E-state index contributed by atoms with van der Waals surface area (Å²) in [6.45, 7) is 2.90. The van der Waals surface area contributed by atoms with Gasteiger partial charge in [-0.1, -0.05) is 13.0 Å². The number of benzene rings is 1. The Morgan fingerprint density at radius 2 is 2.15 bits per heavy atom. The maximum absolute atomic E-state index is 13.0. The van der Waals surface area contributed by atoms with Crippen LogP contribution in [0.4, 0.5) is 15.9 Å². The molecular weight excluding hydrogens is 257 g/mol. The Hall–Kier alpha value is -2.43. The van der Waals surface area contributed by atoms with E-state index >= 15 is 0 Å². The molecular formula is C15H16FN3O. The summed E-state index contributed by atoms with van der Waals surface area (Å²) in [5.41, 5.74) is 0.847. The molecule has 1 amide bonds. The van der Waals surface area contributed by atoms with Crippen molar-refractivity contribution in [2.75, 3.05) is 17.2 Å². The number of carbonyl (C=O) groups is 1. The molecule has 5 heteroatoms. The van der Waals surface area contributed by atoms with Crippen molar-refractivity contribution in [3.8, 4) is 0 Å². The highest BCUT2D eigenvalue weighted by Gasteiger charge is 2.07. The van der Waals surface area contributed by atoms with Gasteiger partial charge < -0.3 is 10.6 Å². The Morgan fingerprint density at radius 3 is 2.80 bits per heavy atom. The molecule has 1 aromatic carbocycles. The first-order valence-corrected chi connectivity index (χ1v) is 6.46. The van der Waals surface area contributed by atoms with Gasteiger partial charge in [-0.2, -0.15) is 0 Å². The van der Waals surface area contributed by atoms with Crippen LogP contribution in [0, 0.1) is 5.82 Å². The number of hydrogen-bond acceptors (Lipinski definition) is 3. The molecule has 0 fully saturated rings. The van der Waals surface area contributed by atoms with E-state index in [4.69, 9.17) is 0 Å². The van der Waals surface area contributed by atoms with Crippen molar-refractivity contribution in [3.63, 3.8) is 0 Å². The molecule has 2 N–H and O–H groups in total. The third-order valence-electron chi connectivity index (χ3n) is 2.66. The van der Waals surface area contributed by atoms with E-state index in [2.05, 4.69) is 22.5 Å². The third kappa shape index (κ3) is 3.78. The number of nitrogens with one attached hydrogen (secondary N) is 2. The minimum atomic E-state index is -0.389. The summed E-state index contributed by atoms with van der Waals surface area (Å²) in [5.74, 6) is 0.0272. The van der Waals surface area contributed by atoms with Crippen molar-refractivity contribution in [3.05, 3.63) is 54.0 Å². The van der Waals surface area contributed by atoms with Crippen LogP contribution in [0.15, 0.2) is 42.6 Å². The number of amides is 1. The van der Waals surface area contributed by atoms with Crippen molar-refractivity contribution >= 4 is 17.4 Å². The topological polar surface area (TPSA) is 54.0 Å². The van der Waals surface area contributed by atoms with Crippen LogP contribution in [-0.2, 0) is 0 Å². The summed E-state index contributed by atoms with van der Waals surface area (Å²) in [5, 5.41) is 5.75. The minimum absolute atomic E-state index is 0.315. The van der Waals surface area contributed by atoms with E-state index in [-0.39, 0.29) is 11.7 Å². The van der Waals surface area contributed by atoms with Gasteiger partial charge in [-0.15, -0.1) is 0 Å². The SMILES string of the molecule is CCCNc1ccc(C(=O)Nc2cccc(F)c2)cn1. The van der Waals surface area contributed by atoms with Crippen molar-refractivity contribution in [2.24, 2.45) is 0 Å². The van der Waals surface area contributed by atoms with E-state index in [0.29, 0.717) is 11.3 Å². The first-order chi connectivity index (χ1) is 9.69. The van der Waals surface area contributed by atoms with Crippen LogP contribution in [-0.4, -0.2) is 17.4 Å². The Bertz CT molecular complexity index is 584. The number of nitrogens with zero attached hydrogens (tertiary/aromatic N) is 1. The molecule has 4 nitrogen and oxygen atoms in total. The van der Waals surface area contributed by atoms with Gasteiger partial charge in [-0.3, -0.25) is 4.79 Å². The van der Waals surface area contributed by atoms with E-state index in [9.17, 15) is 9.18 Å². The molecule has 0 radical (unpaired) electrons. The molecule has 0 aliphatic rings. The molecule has 0 unspecified atom stereocenters. The molecule has 0 aliphatic carbocycles. The molecule has 0 bridgehead atoms. The lowest BCUT2D eigenvalue weighted by Gasteiger charge is -2.07. The van der Waals surface area contributed by atoms with Crippen molar-refractivity contribution in [1.82, 2.24) is 4.98 Å². The van der Waals surface area contributed by atoms with Gasteiger partial charge in [-0.25, -0.2) is 9.37 Å². The minimum Gasteiger partial charge on any atom is -0.370 e. The highest BCUT2D eigenvalue weighted by molar-refractivity contribution is 6.04. The second-order valence-corrected chi connectivity index (χ2v) is 4.32. The fraction of sp³-hybridized carbons (Fsp3) is 0.200. The van der Waals surface area contributed by atoms with E-state index < -0.39 is 0 Å². The van der Waals surface area contributed by atoms with Crippen molar-refractivity contribution < 1.29 is 9.18 Å². The number of aromatic nitrogens is 1. The van der Waals surface area contributed by atoms with Crippen LogP contribution < -0.4 is 10.6 Å². The van der Waals surface area contributed by atoms with Gasteiger partial charge in [0.15, 0.2) is 0 Å². The zero-order chi connectivity index (χ0) is 14.4. The lowest BCUT2D eigenvalue weighted by molar-refractivity contribution is 0.102. The van der Waals surface area contributed by atoms with E-state index in [1.165, 1.54) is 18.3 Å². The van der Waals surface area contributed by atoms with E-state index in [1.807, 2.05) is 0 Å². The summed E-state index contributed by atoms with van der Waals surface area (Å²) in [7, 11) is 0. The Labute approximate surface area is 117 Å². The molecule has 20 heavy (non-hydrogen) atoms. The molecule has 0 atom stereocenters. The normalized spacial score (nSPS) is 10.1. The lowest BCUT2D eigenvalue weighted by atomic mass is 10.2. The van der Waals surface area contributed by atoms with Crippen LogP contribution in [0.2, 0.25) is 0 Å². The van der Waals surface area contributed by atoms with Gasteiger partial charge in [0.2, 0.25) is 0 Å². The van der Waals surface area contributed by atoms with Gasteiger partial charge in [0.05, 0.1) is 5.56 Å². The van der Waals surface area contributed by atoms with Gasteiger partial charge in [0.25, 0.3) is 5.91 Å². The number of carbonyl (C=O) groups excluding carboxylic acids is 1. The smallest absolute Gasteiger partial charge is 0.257 e. The fourth-order valence-corrected chi connectivity index (χ4v) is 1.66. The van der Waals surface area contributed by atoms with Crippen LogP contribution in [0.5, 0.6) is 0 Å². The summed E-state index contributed by atoms with van der Waals surface area (Å²) in [6.07, 6.45) is 2.50. The summed E-state index contributed by atoms with van der Waals surface area (Å²) >= 11 is 0.